The topological polar surface area (TPSA) is 104 Å². The average molecular weight is 489 g/mol. The molecule has 0 radical (unpaired) electrons. The fraction of sp³-hybridized carbons (Fsp3) is 0.160. The normalized spacial score (nSPS) is 11.2. The van der Waals surface area contributed by atoms with Gasteiger partial charge in [0.05, 0.1) is 25.7 Å². The van der Waals surface area contributed by atoms with Gasteiger partial charge in [-0.3, -0.25) is 14.3 Å². The molecule has 1 N–H and O–H groups in total. The number of rotatable bonds is 9. The highest BCUT2D eigenvalue weighted by Crippen LogP contribution is 2.34. The van der Waals surface area contributed by atoms with E-state index in [1.165, 1.54) is 11.8 Å². The van der Waals surface area contributed by atoms with Crippen LogP contribution in [-0.4, -0.2) is 51.3 Å². The Bertz CT molecular complexity index is 1330. The first kappa shape index (κ1) is 24.0. The van der Waals surface area contributed by atoms with Gasteiger partial charge in [-0.2, -0.15) is 5.10 Å². The van der Waals surface area contributed by atoms with Crippen LogP contribution in [0.5, 0.6) is 11.5 Å². The van der Waals surface area contributed by atoms with Crippen LogP contribution in [0.2, 0.25) is 0 Å². The molecule has 178 valence electrons. The summed E-state index contributed by atoms with van der Waals surface area (Å²) in [5.41, 5.74) is 5.84. The van der Waals surface area contributed by atoms with Gasteiger partial charge in [0.15, 0.2) is 22.5 Å². The summed E-state index contributed by atoms with van der Waals surface area (Å²) in [5, 5.41) is 13.5. The minimum absolute atomic E-state index is 0.115. The van der Waals surface area contributed by atoms with Crippen molar-refractivity contribution in [3.05, 3.63) is 78.6 Å². The second kappa shape index (κ2) is 11.3. The number of aromatic nitrogens is 4. The number of hydrogen-bond donors (Lipinski definition) is 1. The SMILES string of the molecule is COc1ccc(-c2nnc(SCC(=O)N/N=C(\C)c3ccncc3)n2-c2ccccc2)cc1OC. The number of benzene rings is 2. The zero-order valence-electron chi connectivity index (χ0n) is 19.5. The summed E-state index contributed by atoms with van der Waals surface area (Å²) in [6.07, 6.45) is 3.36. The molecule has 0 aliphatic heterocycles. The predicted molar refractivity (Wildman–Crippen MR) is 135 cm³/mol. The van der Waals surface area contributed by atoms with Crippen LogP contribution in [0.4, 0.5) is 0 Å². The maximum atomic E-state index is 12.5. The van der Waals surface area contributed by atoms with Gasteiger partial charge < -0.3 is 9.47 Å². The van der Waals surface area contributed by atoms with Gasteiger partial charge in [0.1, 0.15) is 0 Å². The fourth-order valence-corrected chi connectivity index (χ4v) is 4.05. The third-order valence-electron chi connectivity index (χ3n) is 5.07. The van der Waals surface area contributed by atoms with Gasteiger partial charge in [0.25, 0.3) is 5.91 Å². The van der Waals surface area contributed by atoms with Gasteiger partial charge >= 0.3 is 0 Å². The Morgan fingerprint density at radius 1 is 1.00 bits per heavy atom. The Balaban J connectivity index is 1.57. The van der Waals surface area contributed by atoms with Crippen LogP contribution in [-0.2, 0) is 4.79 Å². The van der Waals surface area contributed by atoms with Crippen molar-refractivity contribution in [2.75, 3.05) is 20.0 Å². The summed E-state index contributed by atoms with van der Waals surface area (Å²) in [7, 11) is 3.18. The molecule has 2 aromatic carbocycles. The number of carbonyl (C=O) groups excluding carboxylic acids is 1. The molecule has 0 saturated carbocycles. The number of para-hydroxylation sites is 1. The first-order valence-electron chi connectivity index (χ1n) is 10.7. The predicted octanol–water partition coefficient (Wildman–Crippen LogP) is 3.98. The maximum Gasteiger partial charge on any atom is 0.250 e. The van der Waals surface area contributed by atoms with Gasteiger partial charge in [-0.25, -0.2) is 5.43 Å². The summed E-state index contributed by atoms with van der Waals surface area (Å²) in [6.45, 7) is 1.82. The molecule has 35 heavy (non-hydrogen) atoms. The molecular formula is C25H24N6O3S. The molecule has 0 aliphatic carbocycles. The van der Waals surface area contributed by atoms with Crippen molar-refractivity contribution in [1.82, 2.24) is 25.2 Å². The molecule has 9 nitrogen and oxygen atoms in total. The lowest BCUT2D eigenvalue weighted by Crippen LogP contribution is -2.21. The van der Waals surface area contributed by atoms with Gasteiger partial charge in [0, 0.05) is 29.2 Å². The number of nitrogens with one attached hydrogen (secondary N) is 1. The summed E-state index contributed by atoms with van der Waals surface area (Å²) in [6, 6.07) is 18.9. The number of nitrogens with zero attached hydrogens (tertiary/aromatic N) is 5. The Kier molecular flexibility index (Phi) is 7.74. The second-order valence-corrected chi connectivity index (χ2v) is 8.25. The summed E-state index contributed by atoms with van der Waals surface area (Å²) in [5.74, 6) is 1.69. The van der Waals surface area contributed by atoms with E-state index in [2.05, 4.69) is 25.7 Å². The van der Waals surface area contributed by atoms with Crippen LogP contribution in [0.3, 0.4) is 0 Å². The molecule has 4 rings (SSSR count). The second-order valence-electron chi connectivity index (χ2n) is 7.30. The van der Waals surface area contributed by atoms with Crippen LogP contribution in [0.1, 0.15) is 12.5 Å². The lowest BCUT2D eigenvalue weighted by atomic mass is 10.2. The molecule has 0 spiro atoms. The number of hydrogen-bond acceptors (Lipinski definition) is 8. The minimum Gasteiger partial charge on any atom is -0.493 e. The lowest BCUT2D eigenvalue weighted by molar-refractivity contribution is -0.118. The molecule has 0 fully saturated rings. The summed E-state index contributed by atoms with van der Waals surface area (Å²) >= 11 is 1.27. The largest absolute Gasteiger partial charge is 0.493 e. The number of amides is 1. The molecular weight excluding hydrogens is 464 g/mol. The Hall–Kier alpha value is -4.18. The summed E-state index contributed by atoms with van der Waals surface area (Å²) < 4.78 is 12.7. The molecule has 0 unspecified atom stereocenters. The van der Waals surface area contributed by atoms with Gasteiger partial charge in [0.2, 0.25) is 0 Å². The molecule has 10 heteroatoms. The number of ether oxygens (including phenoxy) is 2. The van der Waals surface area contributed by atoms with Gasteiger partial charge in [-0.05, 0) is 49.4 Å². The van der Waals surface area contributed by atoms with Crippen LogP contribution in [0.25, 0.3) is 17.1 Å². The van der Waals surface area contributed by atoms with E-state index in [0.717, 1.165) is 16.8 Å². The zero-order valence-corrected chi connectivity index (χ0v) is 20.3. The summed E-state index contributed by atoms with van der Waals surface area (Å²) in [4.78, 5) is 16.5. The van der Waals surface area contributed by atoms with E-state index in [1.807, 2.05) is 72.2 Å². The minimum atomic E-state index is -0.251. The molecule has 0 aliphatic rings. The molecule has 0 bridgehead atoms. The lowest BCUT2D eigenvalue weighted by Gasteiger charge is -2.12. The van der Waals surface area contributed by atoms with Gasteiger partial charge in [-0.15, -0.1) is 10.2 Å². The van der Waals surface area contributed by atoms with E-state index in [9.17, 15) is 4.79 Å². The highest BCUT2D eigenvalue weighted by Gasteiger charge is 2.18. The van der Waals surface area contributed by atoms with Crippen LogP contribution >= 0.6 is 11.8 Å². The average Bonchev–Trinajstić information content (AvgIpc) is 3.35. The maximum absolute atomic E-state index is 12.5. The smallest absolute Gasteiger partial charge is 0.250 e. The monoisotopic (exact) mass is 488 g/mol. The number of thioether (sulfide) groups is 1. The Morgan fingerprint density at radius 2 is 1.74 bits per heavy atom. The van der Waals surface area contributed by atoms with Crippen LogP contribution < -0.4 is 14.9 Å². The third kappa shape index (κ3) is 5.67. The van der Waals surface area contributed by atoms with Crippen molar-refractivity contribution in [1.29, 1.82) is 0 Å². The number of methoxy groups -OCH3 is 2. The van der Waals surface area contributed by atoms with E-state index in [-0.39, 0.29) is 11.7 Å². The van der Waals surface area contributed by atoms with Crippen LogP contribution in [0, 0.1) is 0 Å². The Labute approximate surface area is 207 Å². The van der Waals surface area contributed by atoms with Crippen molar-refractivity contribution in [2.24, 2.45) is 5.10 Å². The number of hydrazone groups is 1. The molecule has 4 aromatic rings. The number of pyridine rings is 1. The first-order chi connectivity index (χ1) is 17.1. The number of carbonyl (C=O) groups is 1. The van der Waals surface area contributed by atoms with Crippen molar-refractivity contribution in [2.45, 2.75) is 12.1 Å². The third-order valence-corrected chi connectivity index (χ3v) is 6.00. The molecule has 2 aromatic heterocycles. The van der Waals surface area contributed by atoms with Gasteiger partial charge in [-0.1, -0.05) is 30.0 Å². The zero-order chi connectivity index (χ0) is 24.6. The van der Waals surface area contributed by atoms with Crippen molar-refractivity contribution < 1.29 is 14.3 Å². The van der Waals surface area contributed by atoms with E-state index < -0.39 is 0 Å². The standard InChI is InChI=1S/C25H24N6O3S/c1-17(18-11-13-26-14-12-18)27-28-23(32)16-35-25-30-29-24(31(25)20-7-5-4-6-8-20)19-9-10-21(33-2)22(15-19)34-3/h4-15H,16H2,1-3H3,(H,28,32)/b27-17+. The molecule has 0 saturated heterocycles. The molecule has 1 amide bonds. The highest BCUT2D eigenvalue weighted by atomic mass is 32.2. The molecule has 0 atom stereocenters. The fourth-order valence-electron chi connectivity index (χ4n) is 3.30. The quantitative estimate of drug-likeness (QED) is 0.216. The van der Waals surface area contributed by atoms with Crippen LogP contribution in [0.15, 0.2) is 83.3 Å². The van der Waals surface area contributed by atoms with Crippen molar-refractivity contribution >= 4 is 23.4 Å². The van der Waals surface area contributed by atoms with Crippen molar-refractivity contribution in [3.8, 4) is 28.6 Å². The van der Waals surface area contributed by atoms with Crippen molar-refractivity contribution in [3.63, 3.8) is 0 Å². The van der Waals surface area contributed by atoms with E-state index in [0.29, 0.717) is 28.2 Å². The van der Waals surface area contributed by atoms with E-state index in [4.69, 9.17) is 9.47 Å². The molecule has 2 heterocycles. The van der Waals surface area contributed by atoms with E-state index in [1.54, 1.807) is 26.6 Å². The highest BCUT2D eigenvalue weighted by molar-refractivity contribution is 7.99. The first-order valence-corrected chi connectivity index (χ1v) is 11.7. The Morgan fingerprint density at radius 3 is 2.46 bits per heavy atom. The van der Waals surface area contributed by atoms with E-state index >= 15 is 0 Å².